The van der Waals surface area contributed by atoms with Crippen LogP contribution in [0.2, 0.25) is 0 Å². The Hall–Kier alpha value is -3.28. The highest BCUT2D eigenvalue weighted by atomic mass is 16.5. The van der Waals surface area contributed by atoms with Gasteiger partial charge in [-0.25, -0.2) is 4.79 Å². The Kier molecular flexibility index (Phi) is 5.25. The summed E-state index contributed by atoms with van der Waals surface area (Å²) in [5.74, 6) is 1.53. The Labute approximate surface area is 169 Å². The number of furan rings is 1. The Morgan fingerprint density at radius 2 is 1.97 bits per heavy atom. The second kappa shape index (κ2) is 7.99. The number of ether oxygens (including phenoxy) is 2. The fourth-order valence-electron chi connectivity index (χ4n) is 3.45. The van der Waals surface area contributed by atoms with Gasteiger partial charge in [-0.15, -0.1) is 0 Å². The lowest BCUT2D eigenvalue weighted by Gasteiger charge is -2.12. The first-order valence-corrected chi connectivity index (χ1v) is 9.79. The minimum absolute atomic E-state index is 0.133. The summed E-state index contributed by atoms with van der Waals surface area (Å²) in [5.41, 5.74) is 2.02. The lowest BCUT2D eigenvalue weighted by atomic mass is 10.1. The molecule has 0 atom stereocenters. The largest absolute Gasteiger partial charge is 0.462 e. The van der Waals surface area contributed by atoms with Crippen molar-refractivity contribution in [2.45, 2.75) is 33.2 Å². The lowest BCUT2D eigenvalue weighted by molar-refractivity contribution is -0.128. The van der Waals surface area contributed by atoms with E-state index in [1.807, 2.05) is 37.3 Å². The van der Waals surface area contributed by atoms with Gasteiger partial charge in [0.25, 0.3) is 0 Å². The smallest absolute Gasteiger partial charge is 0.338 e. The second-order valence-electron chi connectivity index (χ2n) is 7.15. The Balaban J connectivity index is 1.72. The summed E-state index contributed by atoms with van der Waals surface area (Å²) in [5, 5.41) is 0.750. The highest BCUT2D eigenvalue weighted by molar-refractivity contribution is 5.97. The molecule has 0 unspecified atom stereocenters. The number of fused-ring (bicyclic) bond motifs is 1. The monoisotopic (exact) mass is 393 g/mol. The number of likely N-dealkylation sites (tertiary alicyclic amines) is 1. The van der Waals surface area contributed by atoms with E-state index in [-0.39, 0.29) is 12.5 Å². The molecule has 1 aromatic heterocycles. The molecule has 1 aliphatic rings. The van der Waals surface area contributed by atoms with E-state index < -0.39 is 5.97 Å². The van der Waals surface area contributed by atoms with E-state index in [0.717, 1.165) is 23.9 Å². The first-order valence-electron chi connectivity index (χ1n) is 9.79. The van der Waals surface area contributed by atoms with E-state index >= 15 is 0 Å². The third-order valence-corrected chi connectivity index (χ3v) is 4.93. The van der Waals surface area contributed by atoms with Crippen molar-refractivity contribution in [2.24, 2.45) is 0 Å². The van der Waals surface area contributed by atoms with Gasteiger partial charge in [0, 0.05) is 13.0 Å². The number of hydrogen-bond acceptors (Lipinski definition) is 5. The van der Waals surface area contributed by atoms with Crippen molar-refractivity contribution in [3.8, 4) is 11.5 Å². The molecule has 0 bridgehead atoms. The predicted molar refractivity (Wildman–Crippen MR) is 108 cm³/mol. The summed E-state index contributed by atoms with van der Waals surface area (Å²) >= 11 is 0. The maximum atomic E-state index is 12.3. The van der Waals surface area contributed by atoms with Crippen LogP contribution in [0.4, 0.5) is 0 Å². The van der Waals surface area contributed by atoms with Crippen LogP contribution in [0, 0.1) is 6.92 Å². The molecule has 0 N–H and O–H groups in total. The minimum atomic E-state index is -0.434. The van der Waals surface area contributed by atoms with Crippen molar-refractivity contribution < 1.29 is 23.5 Å². The van der Waals surface area contributed by atoms with Crippen LogP contribution in [0.3, 0.4) is 0 Å². The van der Waals surface area contributed by atoms with Gasteiger partial charge in [-0.2, -0.15) is 0 Å². The standard InChI is InChI=1S/C23H23NO5/c1-3-27-23(26)16-11-20(28-17-8-6-15(2)7-9-17)19-13-18(29-21(19)12-16)14-24-10-4-5-22(24)25/h6-9,11-13H,3-5,10,14H2,1-2H3. The topological polar surface area (TPSA) is 69.0 Å². The number of carbonyl (C=O) groups is 2. The van der Waals surface area contributed by atoms with Crippen LogP contribution >= 0.6 is 0 Å². The molecule has 0 saturated carbocycles. The number of aryl methyl sites for hydroxylation is 1. The molecule has 29 heavy (non-hydrogen) atoms. The summed E-state index contributed by atoms with van der Waals surface area (Å²) in [4.78, 5) is 26.0. The average molecular weight is 393 g/mol. The van der Waals surface area contributed by atoms with E-state index in [9.17, 15) is 9.59 Å². The molecule has 4 rings (SSSR count). The SMILES string of the molecule is CCOC(=O)c1cc(Oc2ccc(C)cc2)c2cc(CN3CCCC3=O)oc2c1. The fourth-order valence-corrected chi connectivity index (χ4v) is 3.45. The number of amides is 1. The molecule has 2 heterocycles. The number of benzene rings is 2. The third-order valence-electron chi connectivity index (χ3n) is 4.93. The minimum Gasteiger partial charge on any atom is -0.462 e. The Bertz CT molecular complexity index is 1050. The number of rotatable bonds is 6. The van der Waals surface area contributed by atoms with Gasteiger partial charge in [0.15, 0.2) is 0 Å². The quantitative estimate of drug-likeness (QED) is 0.561. The van der Waals surface area contributed by atoms with E-state index in [0.29, 0.717) is 41.4 Å². The van der Waals surface area contributed by atoms with Crippen molar-refractivity contribution in [2.75, 3.05) is 13.2 Å². The lowest BCUT2D eigenvalue weighted by Crippen LogP contribution is -2.23. The number of nitrogens with zero attached hydrogens (tertiary/aromatic N) is 1. The van der Waals surface area contributed by atoms with Crippen LogP contribution in [-0.4, -0.2) is 29.9 Å². The molecule has 1 aliphatic heterocycles. The molecule has 2 aromatic carbocycles. The molecule has 0 aliphatic carbocycles. The molecule has 0 radical (unpaired) electrons. The summed E-state index contributed by atoms with van der Waals surface area (Å²) in [6.07, 6.45) is 1.45. The van der Waals surface area contributed by atoms with Gasteiger partial charge in [0.2, 0.25) is 5.91 Å². The van der Waals surface area contributed by atoms with Crippen LogP contribution in [-0.2, 0) is 16.1 Å². The normalized spacial score (nSPS) is 13.9. The van der Waals surface area contributed by atoms with E-state index in [2.05, 4.69) is 0 Å². The zero-order valence-corrected chi connectivity index (χ0v) is 16.6. The zero-order valence-electron chi connectivity index (χ0n) is 16.6. The van der Waals surface area contributed by atoms with E-state index in [1.165, 1.54) is 0 Å². The van der Waals surface area contributed by atoms with Crippen molar-refractivity contribution in [1.29, 1.82) is 0 Å². The average Bonchev–Trinajstić information content (AvgIpc) is 3.30. The molecule has 6 heteroatoms. The first-order chi connectivity index (χ1) is 14.0. The fraction of sp³-hybridized carbons (Fsp3) is 0.304. The number of carbonyl (C=O) groups excluding carboxylic acids is 2. The van der Waals surface area contributed by atoms with E-state index in [4.69, 9.17) is 13.9 Å². The molecular weight excluding hydrogens is 370 g/mol. The van der Waals surface area contributed by atoms with Crippen LogP contribution in [0.5, 0.6) is 11.5 Å². The van der Waals surface area contributed by atoms with Crippen molar-refractivity contribution in [1.82, 2.24) is 4.90 Å². The highest BCUT2D eigenvalue weighted by Crippen LogP contribution is 2.35. The predicted octanol–water partition coefficient (Wildman–Crippen LogP) is 4.83. The molecular formula is C23H23NO5. The van der Waals surface area contributed by atoms with Gasteiger partial charge in [-0.05, 0) is 50.6 Å². The molecule has 1 saturated heterocycles. The zero-order chi connectivity index (χ0) is 20.4. The van der Waals surface area contributed by atoms with Crippen molar-refractivity contribution >= 4 is 22.8 Å². The van der Waals surface area contributed by atoms with Crippen LogP contribution in [0.25, 0.3) is 11.0 Å². The molecule has 3 aromatic rings. The van der Waals surface area contributed by atoms with Gasteiger partial charge >= 0.3 is 5.97 Å². The summed E-state index contributed by atoms with van der Waals surface area (Å²) in [6, 6.07) is 12.9. The highest BCUT2D eigenvalue weighted by Gasteiger charge is 2.23. The summed E-state index contributed by atoms with van der Waals surface area (Å²) < 4.78 is 17.2. The van der Waals surface area contributed by atoms with Gasteiger partial charge < -0.3 is 18.8 Å². The van der Waals surface area contributed by atoms with Crippen molar-refractivity contribution in [3.05, 3.63) is 59.4 Å². The Morgan fingerprint density at radius 3 is 2.66 bits per heavy atom. The molecule has 1 fully saturated rings. The third kappa shape index (κ3) is 4.11. The molecule has 1 amide bonds. The van der Waals surface area contributed by atoms with Crippen LogP contribution in [0.15, 0.2) is 46.9 Å². The maximum Gasteiger partial charge on any atom is 0.338 e. The Morgan fingerprint density at radius 1 is 1.17 bits per heavy atom. The first kappa shape index (κ1) is 19.1. The second-order valence-corrected chi connectivity index (χ2v) is 7.15. The number of hydrogen-bond donors (Lipinski definition) is 0. The van der Waals surface area contributed by atoms with Gasteiger partial charge in [-0.3, -0.25) is 4.79 Å². The molecule has 6 nitrogen and oxygen atoms in total. The van der Waals surface area contributed by atoms with Crippen molar-refractivity contribution in [3.63, 3.8) is 0 Å². The van der Waals surface area contributed by atoms with Crippen LogP contribution < -0.4 is 4.74 Å². The van der Waals surface area contributed by atoms with Gasteiger partial charge in [0.1, 0.15) is 22.8 Å². The summed E-state index contributed by atoms with van der Waals surface area (Å²) in [6.45, 7) is 5.19. The van der Waals surface area contributed by atoms with Gasteiger partial charge in [0.05, 0.1) is 24.1 Å². The maximum absolute atomic E-state index is 12.3. The summed E-state index contributed by atoms with van der Waals surface area (Å²) in [7, 11) is 0. The molecule has 0 spiro atoms. The number of esters is 1. The van der Waals surface area contributed by atoms with Gasteiger partial charge in [-0.1, -0.05) is 17.7 Å². The van der Waals surface area contributed by atoms with E-state index in [1.54, 1.807) is 24.0 Å². The van der Waals surface area contributed by atoms with Crippen LogP contribution in [0.1, 0.15) is 41.4 Å². The molecule has 150 valence electrons.